The minimum Gasteiger partial charge on any atom is -0.480 e. The molecule has 3 atom stereocenters. The summed E-state index contributed by atoms with van der Waals surface area (Å²) >= 11 is 0. The summed E-state index contributed by atoms with van der Waals surface area (Å²) in [5.74, 6) is -1.13. The maximum Gasteiger partial charge on any atom is 0.326 e. The van der Waals surface area contributed by atoms with Crippen molar-refractivity contribution in [3.05, 3.63) is 0 Å². The molecule has 2 aliphatic rings. The molecule has 2 amide bonds. The van der Waals surface area contributed by atoms with E-state index in [1.807, 2.05) is 0 Å². The number of carboxylic acids is 1. The second-order valence-electron chi connectivity index (χ2n) is 4.78. The molecule has 8 heteroatoms. The molecule has 2 saturated heterocycles. The topological polar surface area (TPSA) is 111 Å². The number of hydrogen-bond acceptors (Lipinski definition) is 5. The van der Waals surface area contributed by atoms with Gasteiger partial charge in [-0.25, -0.2) is 9.59 Å². The van der Waals surface area contributed by atoms with Crippen LogP contribution in [-0.4, -0.2) is 88.2 Å². The highest BCUT2D eigenvalue weighted by Gasteiger charge is 2.42. The third kappa shape index (κ3) is 2.80. The van der Waals surface area contributed by atoms with Gasteiger partial charge in [-0.05, 0) is 0 Å². The molecule has 0 saturated carbocycles. The van der Waals surface area contributed by atoms with E-state index in [1.54, 1.807) is 0 Å². The molecular formula is C11H18N2O6. The van der Waals surface area contributed by atoms with Gasteiger partial charge >= 0.3 is 12.0 Å². The molecule has 0 bridgehead atoms. The van der Waals surface area contributed by atoms with Gasteiger partial charge in [-0.15, -0.1) is 0 Å². The minimum absolute atomic E-state index is 0.00526. The molecule has 2 fully saturated rings. The van der Waals surface area contributed by atoms with E-state index in [4.69, 9.17) is 9.84 Å². The fraction of sp³-hybridized carbons (Fsp3) is 0.818. The Labute approximate surface area is 110 Å². The van der Waals surface area contributed by atoms with Crippen molar-refractivity contribution in [2.75, 3.05) is 32.9 Å². The van der Waals surface area contributed by atoms with Crippen LogP contribution in [0, 0.1) is 0 Å². The number of aliphatic hydroxyl groups is 2. The number of aliphatic carboxylic acids is 1. The molecule has 108 valence electrons. The standard InChI is InChI=1S/C11H18N2O6/c14-5-7-6-19-2-1-12(7)11(18)13-4-8(15)3-9(13)10(16)17/h7-9,14-15H,1-6H2,(H,16,17)/t7?,8-,9+/m1/s1. The zero-order chi connectivity index (χ0) is 14.0. The van der Waals surface area contributed by atoms with Crippen LogP contribution in [0.2, 0.25) is 0 Å². The first-order valence-electron chi connectivity index (χ1n) is 6.21. The molecule has 0 spiro atoms. The second-order valence-corrected chi connectivity index (χ2v) is 4.78. The van der Waals surface area contributed by atoms with Crippen LogP contribution >= 0.6 is 0 Å². The lowest BCUT2D eigenvalue weighted by atomic mass is 10.2. The summed E-state index contributed by atoms with van der Waals surface area (Å²) in [4.78, 5) is 26.0. The van der Waals surface area contributed by atoms with Crippen molar-refractivity contribution in [2.24, 2.45) is 0 Å². The third-order valence-electron chi connectivity index (χ3n) is 3.49. The number of ether oxygens (including phenoxy) is 1. The number of hydrogen-bond donors (Lipinski definition) is 3. The lowest BCUT2D eigenvalue weighted by molar-refractivity contribution is -0.141. The van der Waals surface area contributed by atoms with Gasteiger partial charge in [-0.1, -0.05) is 0 Å². The van der Waals surface area contributed by atoms with Crippen LogP contribution in [0.25, 0.3) is 0 Å². The molecular weight excluding hydrogens is 256 g/mol. The Kier molecular flexibility index (Phi) is 4.23. The first-order chi connectivity index (χ1) is 9.04. The number of β-amino-alcohol motifs (C(OH)–C–C–N with tert-alkyl or cyclic N) is 1. The Morgan fingerprint density at radius 2 is 2.05 bits per heavy atom. The Morgan fingerprint density at radius 3 is 2.68 bits per heavy atom. The Morgan fingerprint density at radius 1 is 1.32 bits per heavy atom. The summed E-state index contributed by atoms with van der Waals surface area (Å²) in [6.45, 7) is 0.668. The average Bonchev–Trinajstić information content (AvgIpc) is 2.80. The summed E-state index contributed by atoms with van der Waals surface area (Å²) in [5.41, 5.74) is 0. The number of carbonyl (C=O) groups excluding carboxylic acids is 1. The van der Waals surface area contributed by atoms with Crippen LogP contribution in [0.3, 0.4) is 0 Å². The molecule has 2 rings (SSSR count). The predicted molar refractivity (Wildman–Crippen MR) is 62.5 cm³/mol. The summed E-state index contributed by atoms with van der Waals surface area (Å²) in [7, 11) is 0. The number of urea groups is 1. The molecule has 1 unspecified atom stereocenters. The molecule has 19 heavy (non-hydrogen) atoms. The van der Waals surface area contributed by atoms with Gasteiger partial charge in [-0.2, -0.15) is 0 Å². The minimum atomic E-state index is -1.13. The third-order valence-corrected chi connectivity index (χ3v) is 3.49. The number of amides is 2. The highest BCUT2D eigenvalue weighted by molar-refractivity contribution is 5.83. The van der Waals surface area contributed by atoms with Gasteiger partial charge in [-0.3, -0.25) is 0 Å². The molecule has 0 aromatic rings. The van der Waals surface area contributed by atoms with Crippen LogP contribution in [0.4, 0.5) is 4.79 Å². The van der Waals surface area contributed by atoms with Crippen LogP contribution in [0.15, 0.2) is 0 Å². The molecule has 2 aliphatic heterocycles. The smallest absolute Gasteiger partial charge is 0.326 e. The van der Waals surface area contributed by atoms with Gasteiger partial charge < -0.3 is 29.9 Å². The van der Waals surface area contributed by atoms with Crippen molar-refractivity contribution in [1.29, 1.82) is 0 Å². The van der Waals surface area contributed by atoms with Crippen molar-refractivity contribution in [3.63, 3.8) is 0 Å². The fourth-order valence-corrected chi connectivity index (χ4v) is 2.48. The van der Waals surface area contributed by atoms with Crippen molar-refractivity contribution in [3.8, 4) is 0 Å². The zero-order valence-corrected chi connectivity index (χ0v) is 10.4. The molecule has 0 aliphatic carbocycles. The summed E-state index contributed by atoms with van der Waals surface area (Å²) < 4.78 is 5.17. The van der Waals surface area contributed by atoms with E-state index < -0.39 is 30.2 Å². The molecule has 2 heterocycles. The van der Waals surface area contributed by atoms with Gasteiger partial charge in [0, 0.05) is 19.5 Å². The fourth-order valence-electron chi connectivity index (χ4n) is 2.48. The monoisotopic (exact) mass is 274 g/mol. The van der Waals surface area contributed by atoms with Crippen LogP contribution in [-0.2, 0) is 9.53 Å². The van der Waals surface area contributed by atoms with E-state index in [0.29, 0.717) is 13.2 Å². The van der Waals surface area contributed by atoms with Crippen molar-refractivity contribution < 1.29 is 29.6 Å². The Balaban J connectivity index is 2.11. The lowest BCUT2D eigenvalue weighted by Gasteiger charge is -2.37. The van der Waals surface area contributed by atoms with Crippen molar-refractivity contribution in [1.82, 2.24) is 9.80 Å². The van der Waals surface area contributed by atoms with E-state index in [-0.39, 0.29) is 26.2 Å². The van der Waals surface area contributed by atoms with Crippen molar-refractivity contribution >= 4 is 12.0 Å². The van der Waals surface area contributed by atoms with Crippen LogP contribution in [0.1, 0.15) is 6.42 Å². The SMILES string of the molecule is O=C(O)[C@@H]1C[C@@H](O)CN1C(=O)N1CCOCC1CO. The lowest BCUT2D eigenvalue weighted by Crippen LogP contribution is -2.56. The highest BCUT2D eigenvalue weighted by atomic mass is 16.5. The Hall–Kier alpha value is -1.38. The maximum absolute atomic E-state index is 12.3. The first-order valence-corrected chi connectivity index (χ1v) is 6.21. The normalized spacial score (nSPS) is 31.6. The van der Waals surface area contributed by atoms with E-state index in [2.05, 4.69) is 0 Å². The van der Waals surface area contributed by atoms with Crippen LogP contribution < -0.4 is 0 Å². The van der Waals surface area contributed by atoms with Gasteiger partial charge in [0.2, 0.25) is 0 Å². The highest BCUT2D eigenvalue weighted by Crippen LogP contribution is 2.21. The average molecular weight is 274 g/mol. The molecule has 8 nitrogen and oxygen atoms in total. The quantitative estimate of drug-likeness (QED) is 0.554. The molecule has 0 aromatic carbocycles. The largest absolute Gasteiger partial charge is 0.480 e. The number of aliphatic hydroxyl groups excluding tert-OH is 2. The van der Waals surface area contributed by atoms with Gasteiger partial charge in [0.15, 0.2) is 0 Å². The number of likely N-dealkylation sites (tertiary alicyclic amines) is 1. The number of nitrogens with zero attached hydrogens (tertiary/aromatic N) is 2. The number of morpholine rings is 1. The van der Waals surface area contributed by atoms with E-state index >= 15 is 0 Å². The maximum atomic E-state index is 12.3. The molecule has 3 N–H and O–H groups in total. The Bertz CT molecular complexity index is 363. The van der Waals surface area contributed by atoms with E-state index in [0.717, 1.165) is 4.90 Å². The number of carbonyl (C=O) groups is 2. The zero-order valence-electron chi connectivity index (χ0n) is 10.4. The second kappa shape index (κ2) is 5.72. The number of carboxylic acid groups (broad SMARTS) is 1. The van der Waals surface area contributed by atoms with Gasteiger partial charge in [0.25, 0.3) is 0 Å². The van der Waals surface area contributed by atoms with Crippen molar-refractivity contribution in [2.45, 2.75) is 24.6 Å². The molecule has 0 aromatic heterocycles. The summed E-state index contributed by atoms with van der Waals surface area (Å²) in [6, 6.07) is -1.94. The number of rotatable bonds is 2. The van der Waals surface area contributed by atoms with E-state index in [9.17, 15) is 19.8 Å². The summed E-state index contributed by atoms with van der Waals surface area (Å²) in [6.07, 6.45) is -0.784. The van der Waals surface area contributed by atoms with Gasteiger partial charge in [0.1, 0.15) is 6.04 Å². The predicted octanol–water partition coefficient (Wildman–Crippen LogP) is -1.68. The van der Waals surface area contributed by atoms with Crippen LogP contribution in [0.5, 0.6) is 0 Å². The first kappa shape index (κ1) is 14.0. The molecule has 0 radical (unpaired) electrons. The summed E-state index contributed by atoms with van der Waals surface area (Å²) in [5, 5.41) is 27.8. The van der Waals surface area contributed by atoms with E-state index in [1.165, 1.54) is 4.90 Å². The van der Waals surface area contributed by atoms with Gasteiger partial charge in [0.05, 0.1) is 32.0 Å².